The van der Waals surface area contributed by atoms with E-state index in [1.54, 1.807) is 0 Å². The summed E-state index contributed by atoms with van der Waals surface area (Å²) in [7, 11) is -0.549. The molecule has 0 N–H and O–H groups in total. The van der Waals surface area contributed by atoms with E-state index in [-0.39, 0.29) is 0 Å². The summed E-state index contributed by atoms with van der Waals surface area (Å²) in [5.74, 6) is 0. The van der Waals surface area contributed by atoms with Crippen molar-refractivity contribution in [2.75, 3.05) is 6.61 Å². The predicted molar refractivity (Wildman–Crippen MR) is 28.4 cm³/mol. The molecule has 1 fully saturated rings. The van der Waals surface area contributed by atoms with Crippen molar-refractivity contribution in [3.05, 3.63) is 0 Å². The van der Waals surface area contributed by atoms with Gasteiger partial charge in [-0.05, 0) is 19.0 Å². The van der Waals surface area contributed by atoms with Crippen LogP contribution < -0.4 is 0 Å². The van der Waals surface area contributed by atoms with Crippen molar-refractivity contribution in [3.8, 4) is 0 Å². The minimum Gasteiger partial charge on any atom is -0.420 e. The van der Waals surface area contributed by atoms with Gasteiger partial charge in [0.05, 0.1) is 0 Å². The molecule has 0 amide bonds. The number of rotatable bonds is 0. The third kappa shape index (κ3) is 0.818. The molecule has 0 aromatic carbocycles. The summed E-state index contributed by atoms with van der Waals surface area (Å²) in [6, 6.07) is 1.40. The van der Waals surface area contributed by atoms with E-state index in [0.29, 0.717) is 0 Å². The zero-order valence-corrected chi connectivity index (χ0v) is 5.26. The summed E-state index contributed by atoms with van der Waals surface area (Å²) in [5, 5.41) is 0. The maximum absolute atomic E-state index is 5.29. The van der Waals surface area contributed by atoms with Crippen LogP contribution in [0, 0.1) is 0 Å². The van der Waals surface area contributed by atoms with Gasteiger partial charge in [-0.3, -0.25) is 0 Å². The van der Waals surface area contributed by atoms with Crippen LogP contribution >= 0.6 is 0 Å². The Kier molecular flexibility index (Phi) is 1.27. The van der Waals surface area contributed by atoms with Gasteiger partial charge < -0.3 is 4.43 Å². The van der Waals surface area contributed by atoms with Crippen molar-refractivity contribution in [2.45, 2.75) is 19.0 Å². The monoisotopic (exact) mass is 102 g/mol. The van der Waals surface area contributed by atoms with E-state index in [2.05, 4.69) is 6.55 Å². The number of hydrogen-bond donors (Lipinski definition) is 0. The summed E-state index contributed by atoms with van der Waals surface area (Å²) in [4.78, 5) is 0. The van der Waals surface area contributed by atoms with Gasteiger partial charge in [-0.15, -0.1) is 0 Å². The molecular formula is C4H10OSi. The molecule has 36 valence electrons. The van der Waals surface area contributed by atoms with E-state index < -0.39 is 9.04 Å². The van der Waals surface area contributed by atoms with Gasteiger partial charge in [0.15, 0.2) is 9.04 Å². The average Bonchev–Trinajstić information content (AvgIpc) is 1.86. The molecule has 2 heteroatoms. The molecule has 0 aliphatic carbocycles. The standard InChI is InChI=1S/C4H10OSi/c1-6-4-2-3-5-6/h6H,2-4H2,1H3. The minimum atomic E-state index is -0.549. The second kappa shape index (κ2) is 1.75. The van der Waals surface area contributed by atoms with Crippen molar-refractivity contribution >= 4 is 9.04 Å². The second-order valence-electron chi connectivity index (χ2n) is 1.82. The molecule has 0 spiro atoms. The van der Waals surface area contributed by atoms with Gasteiger partial charge >= 0.3 is 0 Å². The maximum Gasteiger partial charge on any atom is 0.173 e. The molecule has 0 radical (unpaired) electrons. The lowest BCUT2D eigenvalue weighted by Gasteiger charge is -1.91. The van der Waals surface area contributed by atoms with Crippen molar-refractivity contribution in [3.63, 3.8) is 0 Å². The molecule has 1 heterocycles. The predicted octanol–water partition coefficient (Wildman–Crippen LogP) is 0.760. The van der Waals surface area contributed by atoms with Crippen LogP contribution in [-0.4, -0.2) is 15.6 Å². The Hall–Kier alpha value is 0.177. The van der Waals surface area contributed by atoms with Crippen LogP contribution in [0.1, 0.15) is 6.42 Å². The zero-order valence-electron chi connectivity index (χ0n) is 4.11. The van der Waals surface area contributed by atoms with Crippen LogP contribution in [0.2, 0.25) is 12.6 Å². The van der Waals surface area contributed by atoms with Gasteiger partial charge in [-0.2, -0.15) is 0 Å². The topological polar surface area (TPSA) is 9.23 Å². The highest BCUT2D eigenvalue weighted by Crippen LogP contribution is 2.07. The van der Waals surface area contributed by atoms with Gasteiger partial charge in [-0.25, -0.2) is 0 Å². The van der Waals surface area contributed by atoms with Crippen molar-refractivity contribution in [2.24, 2.45) is 0 Å². The lowest BCUT2D eigenvalue weighted by atomic mass is 10.5. The first kappa shape index (κ1) is 4.34. The molecule has 1 rings (SSSR count). The van der Waals surface area contributed by atoms with Crippen LogP contribution in [0.3, 0.4) is 0 Å². The molecule has 0 bridgehead atoms. The molecule has 1 atom stereocenters. The Morgan fingerprint density at radius 1 is 1.67 bits per heavy atom. The fourth-order valence-corrected chi connectivity index (χ4v) is 2.22. The summed E-state index contributed by atoms with van der Waals surface area (Å²) >= 11 is 0. The SMILES string of the molecule is C[SiH]1CCCO1. The second-order valence-corrected chi connectivity index (χ2v) is 4.36. The van der Waals surface area contributed by atoms with Crippen molar-refractivity contribution in [1.82, 2.24) is 0 Å². The zero-order chi connectivity index (χ0) is 4.41. The van der Waals surface area contributed by atoms with E-state index in [1.807, 2.05) is 0 Å². The van der Waals surface area contributed by atoms with Gasteiger partial charge in [0.2, 0.25) is 0 Å². The molecule has 1 unspecified atom stereocenters. The highest BCUT2D eigenvalue weighted by Gasteiger charge is 2.09. The highest BCUT2D eigenvalue weighted by atomic mass is 28.3. The van der Waals surface area contributed by atoms with Gasteiger partial charge in [0.1, 0.15) is 0 Å². The molecule has 6 heavy (non-hydrogen) atoms. The molecular weight excluding hydrogens is 92.1 g/mol. The van der Waals surface area contributed by atoms with Crippen LogP contribution in [0.4, 0.5) is 0 Å². The van der Waals surface area contributed by atoms with Crippen molar-refractivity contribution in [1.29, 1.82) is 0 Å². The smallest absolute Gasteiger partial charge is 0.173 e. The fourth-order valence-electron chi connectivity index (χ4n) is 0.739. The van der Waals surface area contributed by atoms with Crippen molar-refractivity contribution < 1.29 is 4.43 Å². The van der Waals surface area contributed by atoms with E-state index >= 15 is 0 Å². The Bertz CT molecular complexity index is 40.8. The Morgan fingerprint density at radius 2 is 2.50 bits per heavy atom. The number of hydrogen-bond acceptors (Lipinski definition) is 1. The van der Waals surface area contributed by atoms with Crippen LogP contribution in [0.25, 0.3) is 0 Å². The van der Waals surface area contributed by atoms with E-state index in [1.165, 1.54) is 12.5 Å². The quantitative estimate of drug-likeness (QED) is 0.410. The van der Waals surface area contributed by atoms with Gasteiger partial charge in [0.25, 0.3) is 0 Å². The van der Waals surface area contributed by atoms with Crippen LogP contribution in [-0.2, 0) is 4.43 Å². The maximum atomic E-state index is 5.29. The molecule has 1 nitrogen and oxygen atoms in total. The summed E-state index contributed by atoms with van der Waals surface area (Å²) in [5.41, 5.74) is 0. The first-order valence-corrected chi connectivity index (χ1v) is 4.95. The van der Waals surface area contributed by atoms with Gasteiger partial charge in [-0.1, -0.05) is 0 Å². The Balaban J connectivity index is 2.18. The lowest BCUT2D eigenvalue weighted by Crippen LogP contribution is -2.01. The highest BCUT2D eigenvalue weighted by molar-refractivity contribution is 6.50. The first-order valence-electron chi connectivity index (χ1n) is 2.51. The summed E-state index contributed by atoms with van der Waals surface area (Å²) in [6.45, 7) is 3.31. The molecule has 1 aliphatic heterocycles. The Labute approximate surface area is 40.0 Å². The minimum absolute atomic E-state index is 0.549. The van der Waals surface area contributed by atoms with Crippen LogP contribution in [0.15, 0.2) is 0 Å². The third-order valence-electron chi connectivity index (χ3n) is 1.16. The Morgan fingerprint density at radius 3 is 2.67 bits per heavy atom. The van der Waals surface area contributed by atoms with E-state index in [4.69, 9.17) is 4.43 Å². The molecule has 0 saturated carbocycles. The molecule has 0 aromatic rings. The largest absolute Gasteiger partial charge is 0.420 e. The molecule has 0 aromatic heterocycles. The van der Waals surface area contributed by atoms with Gasteiger partial charge in [0, 0.05) is 6.61 Å². The average molecular weight is 102 g/mol. The van der Waals surface area contributed by atoms with E-state index in [0.717, 1.165) is 6.61 Å². The first-order chi connectivity index (χ1) is 2.89. The summed E-state index contributed by atoms with van der Waals surface area (Å²) < 4.78 is 5.29. The molecule has 1 aliphatic rings. The van der Waals surface area contributed by atoms with E-state index in [9.17, 15) is 0 Å². The fraction of sp³-hybridized carbons (Fsp3) is 1.00. The molecule has 1 saturated heterocycles. The lowest BCUT2D eigenvalue weighted by molar-refractivity contribution is 0.363. The normalized spacial score (nSPS) is 34.5. The van der Waals surface area contributed by atoms with Crippen LogP contribution in [0.5, 0.6) is 0 Å². The third-order valence-corrected chi connectivity index (χ3v) is 3.18. The summed E-state index contributed by atoms with van der Waals surface area (Å²) in [6.07, 6.45) is 1.33.